The first-order valence-electron chi connectivity index (χ1n) is 11.9. The minimum atomic E-state index is -0.678. The van der Waals surface area contributed by atoms with Gasteiger partial charge >= 0.3 is 5.97 Å². The van der Waals surface area contributed by atoms with Crippen molar-refractivity contribution in [1.82, 2.24) is 15.1 Å². The van der Waals surface area contributed by atoms with Gasteiger partial charge in [0, 0.05) is 18.7 Å². The number of amides is 2. The molecule has 0 saturated carbocycles. The highest BCUT2D eigenvalue weighted by Crippen LogP contribution is 2.26. The summed E-state index contributed by atoms with van der Waals surface area (Å²) in [6.07, 6.45) is 4.67. The molecule has 1 fully saturated rings. The molecule has 0 aromatic carbocycles. The number of rotatable bonds is 8. The molecule has 7 heteroatoms. The third-order valence-electron chi connectivity index (χ3n) is 6.48. The number of nitrogens with one attached hydrogen (secondary N) is 1. The van der Waals surface area contributed by atoms with Crippen LogP contribution >= 0.6 is 0 Å². The van der Waals surface area contributed by atoms with E-state index in [2.05, 4.69) is 17.1 Å². The highest BCUT2D eigenvalue weighted by Gasteiger charge is 2.39. The van der Waals surface area contributed by atoms with E-state index in [1.165, 1.54) is 0 Å². The fourth-order valence-corrected chi connectivity index (χ4v) is 4.20. The second kappa shape index (κ2) is 13.1. The van der Waals surface area contributed by atoms with Gasteiger partial charge in [-0.15, -0.1) is 0 Å². The van der Waals surface area contributed by atoms with Gasteiger partial charge in [0.1, 0.15) is 6.04 Å². The maximum absolute atomic E-state index is 13.6. The van der Waals surface area contributed by atoms with Crippen molar-refractivity contribution in [3.05, 3.63) is 11.6 Å². The molecular weight excluding hydrogens is 418 g/mol. The van der Waals surface area contributed by atoms with Crippen LogP contribution in [0.25, 0.3) is 0 Å². The molecule has 0 spiro atoms. The van der Waals surface area contributed by atoms with Crippen LogP contribution in [0.15, 0.2) is 11.6 Å². The maximum atomic E-state index is 13.6. The number of likely N-dealkylation sites (N-methyl/N-ethyl adjacent to an activating group) is 2. The van der Waals surface area contributed by atoms with E-state index in [-0.39, 0.29) is 43.2 Å². The average Bonchev–Trinajstić information content (AvgIpc) is 2.69. The summed E-state index contributed by atoms with van der Waals surface area (Å²) in [5, 5.41) is 3.06. The first-order chi connectivity index (χ1) is 14.7. The highest BCUT2D eigenvalue weighted by atomic mass is 16.5. The van der Waals surface area contributed by atoms with Crippen molar-refractivity contribution in [1.29, 1.82) is 0 Å². The van der Waals surface area contributed by atoms with E-state index < -0.39 is 11.5 Å². The standard InChI is InChI=1S/C25H45N3O4.CH4/c1-11-32-24(31)17(4)15-20(16(2)3)28(10)23(30)21(25(6,7)8)26-22(29)19-14-12-13-18(5)27(19)9;/h15-16,18-21H,11-14H2,1-10H3,(H,26,29);1H4/b17-15+;/t18?,19?,20-,21-;/m1./s1. The molecule has 1 aliphatic rings. The average molecular weight is 468 g/mol. The summed E-state index contributed by atoms with van der Waals surface area (Å²) in [6, 6.07) is -0.866. The molecule has 4 atom stereocenters. The van der Waals surface area contributed by atoms with Crippen LogP contribution in [0.1, 0.15) is 82.1 Å². The normalized spacial score (nSPS) is 21.6. The van der Waals surface area contributed by atoms with E-state index >= 15 is 0 Å². The van der Waals surface area contributed by atoms with Gasteiger partial charge in [-0.2, -0.15) is 0 Å². The molecule has 0 aromatic rings. The number of carbonyl (C=O) groups is 3. The van der Waals surface area contributed by atoms with Gasteiger partial charge in [0.05, 0.1) is 18.7 Å². The summed E-state index contributed by atoms with van der Waals surface area (Å²) in [7, 11) is 3.72. The Balaban J connectivity index is 0.0000102. The van der Waals surface area contributed by atoms with Crippen LogP contribution in [0.4, 0.5) is 0 Å². The molecule has 2 unspecified atom stereocenters. The Kier molecular flexibility index (Phi) is 12.4. The quantitative estimate of drug-likeness (QED) is 0.431. The van der Waals surface area contributed by atoms with Crippen LogP contribution in [0.2, 0.25) is 0 Å². The van der Waals surface area contributed by atoms with Gasteiger partial charge in [-0.25, -0.2) is 4.79 Å². The van der Waals surface area contributed by atoms with Gasteiger partial charge in [-0.3, -0.25) is 14.5 Å². The molecule has 1 rings (SSSR count). The van der Waals surface area contributed by atoms with Gasteiger partial charge in [-0.1, -0.05) is 48.1 Å². The largest absolute Gasteiger partial charge is 0.463 e. The van der Waals surface area contributed by atoms with Gasteiger partial charge < -0.3 is 15.0 Å². The van der Waals surface area contributed by atoms with E-state index in [4.69, 9.17) is 4.74 Å². The predicted octanol–water partition coefficient (Wildman–Crippen LogP) is 4.02. The van der Waals surface area contributed by atoms with E-state index in [1.54, 1.807) is 31.9 Å². The number of ether oxygens (including phenoxy) is 1. The number of hydrogen-bond donors (Lipinski definition) is 1. The Bertz CT molecular complexity index is 696. The molecule has 1 saturated heterocycles. The molecule has 1 heterocycles. The monoisotopic (exact) mass is 467 g/mol. The molecule has 0 aliphatic carbocycles. The topological polar surface area (TPSA) is 79.0 Å². The Hall–Kier alpha value is -1.89. The van der Waals surface area contributed by atoms with Crippen molar-refractivity contribution < 1.29 is 19.1 Å². The first kappa shape index (κ1) is 31.1. The van der Waals surface area contributed by atoms with Crippen molar-refractivity contribution >= 4 is 17.8 Å². The maximum Gasteiger partial charge on any atom is 0.333 e. The predicted molar refractivity (Wildman–Crippen MR) is 135 cm³/mol. The van der Waals surface area contributed by atoms with Crippen molar-refractivity contribution in [2.24, 2.45) is 11.3 Å². The zero-order valence-electron chi connectivity index (χ0n) is 21.8. The van der Waals surface area contributed by atoms with Crippen LogP contribution in [0.3, 0.4) is 0 Å². The number of piperidine rings is 1. The van der Waals surface area contributed by atoms with Crippen molar-refractivity contribution in [3.63, 3.8) is 0 Å². The highest BCUT2D eigenvalue weighted by molar-refractivity contribution is 5.91. The van der Waals surface area contributed by atoms with Gasteiger partial charge in [0.15, 0.2) is 0 Å². The lowest BCUT2D eigenvalue weighted by Crippen LogP contribution is -2.60. The zero-order valence-corrected chi connectivity index (χ0v) is 21.8. The van der Waals surface area contributed by atoms with E-state index in [1.807, 2.05) is 41.7 Å². The lowest BCUT2D eigenvalue weighted by atomic mass is 9.84. The van der Waals surface area contributed by atoms with E-state index in [0.29, 0.717) is 18.2 Å². The smallest absolute Gasteiger partial charge is 0.333 e. The summed E-state index contributed by atoms with van der Waals surface area (Å²) in [6.45, 7) is 15.8. The third kappa shape index (κ3) is 8.43. The van der Waals surface area contributed by atoms with Crippen LogP contribution in [-0.2, 0) is 19.1 Å². The Morgan fingerprint density at radius 3 is 2.27 bits per heavy atom. The fraction of sp³-hybridized carbons (Fsp3) is 0.808. The molecule has 2 amide bonds. The number of hydrogen-bond acceptors (Lipinski definition) is 5. The second-order valence-corrected chi connectivity index (χ2v) is 10.5. The third-order valence-corrected chi connectivity index (χ3v) is 6.48. The SMILES string of the molecule is C.CCOC(=O)/C(C)=C/[C@H](C(C)C)N(C)C(=O)[C@@H](NC(=O)C1CCCC(C)N1C)C(C)(C)C. The number of likely N-dealkylation sites (tertiary alicyclic amines) is 1. The zero-order chi connectivity index (χ0) is 24.8. The summed E-state index contributed by atoms with van der Waals surface area (Å²) < 4.78 is 5.09. The summed E-state index contributed by atoms with van der Waals surface area (Å²) >= 11 is 0. The van der Waals surface area contributed by atoms with Gasteiger partial charge in [0.25, 0.3) is 0 Å². The van der Waals surface area contributed by atoms with Crippen LogP contribution in [0, 0.1) is 11.3 Å². The molecule has 0 radical (unpaired) electrons. The summed E-state index contributed by atoms with van der Waals surface area (Å²) in [5.41, 5.74) is 0.000687. The molecule has 0 aromatic heterocycles. The summed E-state index contributed by atoms with van der Waals surface area (Å²) in [4.78, 5) is 42.7. The Morgan fingerprint density at radius 2 is 1.79 bits per heavy atom. The molecule has 1 N–H and O–H groups in total. The van der Waals surface area contributed by atoms with Gasteiger partial charge in [0.2, 0.25) is 11.8 Å². The lowest BCUT2D eigenvalue weighted by Gasteiger charge is -2.40. The number of nitrogens with zero attached hydrogens (tertiary/aromatic N) is 2. The minimum absolute atomic E-state index is 0. The summed E-state index contributed by atoms with van der Waals surface area (Å²) in [5.74, 6) is -0.562. The molecule has 7 nitrogen and oxygen atoms in total. The van der Waals surface area contributed by atoms with Crippen molar-refractivity contribution in [2.75, 3.05) is 20.7 Å². The van der Waals surface area contributed by atoms with Crippen molar-refractivity contribution in [2.45, 2.75) is 106 Å². The minimum Gasteiger partial charge on any atom is -0.463 e. The van der Waals surface area contributed by atoms with E-state index in [9.17, 15) is 14.4 Å². The molecule has 33 heavy (non-hydrogen) atoms. The molecule has 0 bridgehead atoms. The van der Waals surface area contributed by atoms with Crippen LogP contribution < -0.4 is 5.32 Å². The van der Waals surface area contributed by atoms with Crippen molar-refractivity contribution in [3.8, 4) is 0 Å². The van der Waals surface area contributed by atoms with Crippen LogP contribution in [-0.4, -0.2) is 72.5 Å². The Morgan fingerprint density at radius 1 is 1.21 bits per heavy atom. The van der Waals surface area contributed by atoms with E-state index in [0.717, 1.165) is 19.3 Å². The second-order valence-electron chi connectivity index (χ2n) is 10.5. The molecule has 192 valence electrons. The lowest BCUT2D eigenvalue weighted by molar-refractivity contribution is -0.142. The number of esters is 1. The Labute approximate surface area is 202 Å². The van der Waals surface area contributed by atoms with Crippen LogP contribution in [0.5, 0.6) is 0 Å². The fourth-order valence-electron chi connectivity index (χ4n) is 4.20. The first-order valence-corrected chi connectivity index (χ1v) is 11.9. The molecule has 1 aliphatic heterocycles. The molecular formula is C26H49N3O4. The number of carbonyl (C=O) groups excluding carboxylic acids is 3. The van der Waals surface area contributed by atoms with Gasteiger partial charge in [-0.05, 0) is 58.4 Å².